The number of hydrogen-bond donors (Lipinski definition) is 2. The third-order valence-electron chi connectivity index (χ3n) is 2.93. The average Bonchev–Trinajstić information content (AvgIpc) is 2.90. The van der Waals surface area contributed by atoms with Gasteiger partial charge in [0.25, 0.3) is 0 Å². The fourth-order valence-electron chi connectivity index (χ4n) is 1.93. The molecule has 0 saturated heterocycles. The molecule has 1 unspecified atom stereocenters. The van der Waals surface area contributed by atoms with Crippen LogP contribution in [0.5, 0.6) is 0 Å². The molecule has 0 amide bonds. The molecule has 0 aliphatic carbocycles. The number of rotatable bonds is 6. The Morgan fingerprint density at radius 3 is 2.89 bits per heavy atom. The molecular weight excluding hydrogens is 226 g/mol. The van der Waals surface area contributed by atoms with Crippen molar-refractivity contribution in [3.8, 4) is 0 Å². The third kappa shape index (κ3) is 3.64. The molecule has 1 aromatic carbocycles. The van der Waals surface area contributed by atoms with Crippen LogP contribution in [0.15, 0.2) is 47.1 Å². The predicted molar refractivity (Wildman–Crippen MR) is 72.5 cm³/mol. The van der Waals surface area contributed by atoms with Crippen molar-refractivity contribution in [3.05, 3.63) is 54.0 Å². The Bertz CT molecular complexity index is 465. The van der Waals surface area contributed by atoms with Crippen LogP contribution < -0.4 is 5.32 Å². The number of anilines is 1. The molecule has 2 rings (SSSR count). The number of aliphatic hydroxyl groups excluding tert-OH is 1. The summed E-state index contributed by atoms with van der Waals surface area (Å²) in [5.74, 6) is 1.02. The minimum Gasteiger partial charge on any atom is -0.469 e. The fraction of sp³-hybridized carbons (Fsp3) is 0.333. The van der Waals surface area contributed by atoms with Crippen LogP contribution in [0.3, 0.4) is 0 Å². The summed E-state index contributed by atoms with van der Waals surface area (Å²) in [4.78, 5) is 0. The Hall–Kier alpha value is -1.74. The van der Waals surface area contributed by atoms with Crippen LogP contribution >= 0.6 is 0 Å². The van der Waals surface area contributed by atoms with E-state index in [1.54, 1.807) is 6.26 Å². The van der Waals surface area contributed by atoms with Gasteiger partial charge in [0.1, 0.15) is 5.76 Å². The Balaban J connectivity index is 1.84. The van der Waals surface area contributed by atoms with Gasteiger partial charge in [0, 0.05) is 18.2 Å². The van der Waals surface area contributed by atoms with E-state index in [4.69, 9.17) is 9.52 Å². The van der Waals surface area contributed by atoms with Crippen molar-refractivity contribution >= 4 is 5.69 Å². The van der Waals surface area contributed by atoms with Gasteiger partial charge in [0.05, 0.1) is 12.9 Å². The second-order valence-electron chi connectivity index (χ2n) is 4.52. The quantitative estimate of drug-likeness (QED) is 0.821. The predicted octanol–water partition coefficient (Wildman–Crippen LogP) is 3.21. The van der Waals surface area contributed by atoms with E-state index < -0.39 is 0 Å². The summed E-state index contributed by atoms with van der Waals surface area (Å²) < 4.78 is 5.31. The van der Waals surface area contributed by atoms with Gasteiger partial charge in [-0.2, -0.15) is 0 Å². The number of hydrogen-bond acceptors (Lipinski definition) is 3. The maximum atomic E-state index is 9.08. The van der Waals surface area contributed by atoms with E-state index in [0.717, 1.165) is 29.9 Å². The van der Waals surface area contributed by atoms with Crippen molar-refractivity contribution in [2.75, 3.05) is 5.32 Å². The maximum Gasteiger partial charge on any atom is 0.103 e. The number of nitrogens with one attached hydrogen (secondary N) is 1. The first-order chi connectivity index (χ1) is 8.78. The zero-order chi connectivity index (χ0) is 12.8. The molecule has 0 aliphatic rings. The molecule has 2 N–H and O–H groups in total. The monoisotopic (exact) mass is 245 g/mol. The molecule has 1 atom stereocenters. The molecule has 0 fully saturated rings. The summed E-state index contributed by atoms with van der Waals surface area (Å²) >= 11 is 0. The van der Waals surface area contributed by atoms with Crippen molar-refractivity contribution in [3.63, 3.8) is 0 Å². The zero-order valence-corrected chi connectivity index (χ0v) is 10.6. The van der Waals surface area contributed by atoms with Crippen molar-refractivity contribution in [1.29, 1.82) is 0 Å². The summed E-state index contributed by atoms with van der Waals surface area (Å²) in [6.45, 7) is 2.23. The van der Waals surface area contributed by atoms with E-state index in [-0.39, 0.29) is 6.61 Å². The Morgan fingerprint density at radius 2 is 2.17 bits per heavy atom. The van der Waals surface area contributed by atoms with E-state index >= 15 is 0 Å². The molecule has 2 aromatic rings. The molecule has 96 valence electrons. The molecule has 0 spiro atoms. The molecule has 0 saturated carbocycles. The van der Waals surface area contributed by atoms with Crippen molar-refractivity contribution < 1.29 is 9.52 Å². The second-order valence-corrected chi connectivity index (χ2v) is 4.52. The van der Waals surface area contributed by atoms with Gasteiger partial charge in [-0.3, -0.25) is 0 Å². The minimum atomic E-state index is 0.0797. The second kappa shape index (κ2) is 6.26. The molecule has 3 heteroatoms. The van der Waals surface area contributed by atoms with Crippen molar-refractivity contribution in [2.24, 2.45) is 0 Å². The molecule has 0 aliphatic heterocycles. The van der Waals surface area contributed by atoms with Gasteiger partial charge in [-0.05, 0) is 43.2 Å². The lowest BCUT2D eigenvalue weighted by Gasteiger charge is -2.15. The van der Waals surface area contributed by atoms with E-state index in [1.807, 2.05) is 36.4 Å². The van der Waals surface area contributed by atoms with Crippen molar-refractivity contribution in [2.45, 2.75) is 32.4 Å². The molecule has 0 bridgehead atoms. The Kier molecular flexibility index (Phi) is 4.42. The number of aryl methyl sites for hydroxylation is 1. The van der Waals surface area contributed by atoms with Crippen LogP contribution in [0.25, 0.3) is 0 Å². The SMILES string of the molecule is CC(CCc1ccco1)Nc1cccc(CO)c1. The topological polar surface area (TPSA) is 45.4 Å². The van der Waals surface area contributed by atoms with Gasteiger partial charge in [-0.15, -0.1) is 0 Å². The standard InChI is InChI=1S/C15H19NO2/c1-12(7-8-15-6-3-9-18-15)16-14-5-2-4-13(10-14)11-17/h2-6,9-10,12,16-17H,7-8,11H2,1H3. The lowest BCUT2D eigenvalue weighted by molar-refractivity contribution is 0.282. The Labute approximate surface area is 107 Å². The lowest BCUT2D eigenvalue weighted by atomic mass is 10.1. The maximum absolute atomic E-state index is 9.08. The summed E-state index contributed by atoms with van der Waals surface area (Å²) in [6.07, 6.45) is 3.65. The van der Waals surface area contributed by atoms with Gasteiger partial charge in [-0.25, -0.2) is 0 Å². The molecule has 1 heterocycles. The highest BCUT2D eigenvalue weighted by Gasteiger charge is 2.04. The van der Waals surface area contributed by atoms with Crippen LogP contribution in [0, 0.1) is 0 Å². The average molecular weight is 245 g/mol. The van der Waals surface area contributed by atoms with Crippen LogP contribution in [0.4, 0.5) is 5.69 Å². The molecule has 1 aromatic heterocycles. The molecule has 3 nitrogen and oxygen atoms in total. The lowest BCUT2D eigenvalue weighted by Crippen LogP contribution is -2.15. The summed E-state index contributed by atoms with van der Waals surface area (Å²) in [5.41, 5.74) is 1.98. The summed E-state index contributed by atoms with van der Waals surface area (Å²) in [7, 11) is 0. The number of furan rings is 1. The highest BCUT2D eigenvalue weighted by molar-refractivity contribution is 5.46. The third-order valence-corrected chi connectivity index (χ3v) is 2.93. The first kappa shape index (κ1) is 12.7. The van der Waals surface area contributed by atoms with Gasteiger partial charge in [0.15, 0.2) is 0 Å². The minimum absolute atomic E-state index is 0.0797. The van der Waals surface area contributed by atoms with Gasteiger partial charge in [0.2, 0.25) is 0 Å². The van der Waals surface area contributed by atoms with E-state index in [2.05, 4.69) is 12.2 Å². The normalized spacial score (nSPS) is 12.3. The summed E-state index contributed by atoms with van der Waals surface area (Å²) in [6, 6.07) is 12.1. The largest absolute Gasteiger partial charge is 0.469 e. The van der Waals surface area contributed by atoms with Crippen LogP contribution in [0.1, 0.15) is 24.7 Å². The summed E-state index contributed by atoms with van der Waals surface area (Å²) in [5, 5.41) is 12.5. The number of benzene rings is 1. The van der Waals surface area contributed by atoms with E-state index in [0.29, 0.717) is 6.04 Å². The van der Waals surface area contributed by atoms with Crippen LogP contribution in [-0.2, 0) is 13.0 Å². The highest BCUT2D eigenvalue weighted by atomic mass is 16.3. The van der Waals surface area contributed by atoms with Gasteiger partial charge in [-0.1, -0.05) is 12.1 Å². The van der Waals surface area contributed by atoms with Gasteiger partial charge < -0.3 is 14.8 Å². The van der Waals surface area contributed by atoms with Crippen LogP contribution in [0.2, 0.25) is 0 Å². The van der Waals surface area contributed by atoms with E-state index in [9.17, 15) is 0 Å². The van der Waals surface area contributed by atoms with Crippen LogP contribution in [-0.4, -0.2) is 11.1 Å². The molecule has 18 heavy (non-hydrogen) atoms. The first-order valence-electron chi connectivity index (χ1n) is 6.26. The van der Waals surface area contributed by atoms with E-state index in [1.165, 1.54) is 0 Å². The number of aliphatic hydroxyl groups is 1. The van der Waals surface area contributed by atoms with Gasteiger partial charge >= 0.3 is 0 Å². The van der Waals surface area contributed by atoms with Crippen molar-refractivity contribution in [1.82, 2.24) is 0 Å². The highest BCUT2D eigenvalue weighted by Crippen LogP contribution is 2.14. The smallest absolute Gasteiger partial charge is 0.103 e. The fourth-order valence-corrected chi connectivity index (χ4v) is 1.93. The zero-order valence-electron chi connectivity index (χ0n) is 10.6. The first-order valence-corrected chi connectivity index (χ1v) is 6.26. The molecular formula is C15H19NO2. The molecule has 0 radical (unpaired) electrons. The Morgan fingerprint density at radius 1 is 1.28 bits per heavy atom.